The maximum atomic E-state index is 8.40. The normalized spacial score (nSPS) is 11.0. The second kappa shape index (κ2) is 7.94. The maximum absolute atomic E-state index is 8.40. The van der Waals surface area contributed by atoms with Crippen LogP contribution in [0.5, 0.6) is 0 Å². The van der Waals surface area contributed by atoms with Crippen molar-refractivity contribution in [2.45, 2.75) is 26.4 Å². The standard InChI is InChI=1S/C20H27N5/c1-13(2)24-14(3)20(22)18-9-16(6-7-19(18)21)17-8-15(10-23-11-17)12-25(4)5/h6-11,13,22,24H,3,12,21H2,1-2,4-5H3. The predicted molar refractivity (Wildman–Crippen MR) is 106 cm³/mol. The van der Waals surface area contributed by atoms with Gasteiger partial charge in [-0.3, -0.25) is 10.4 Å². The SMILES string of the molecule is C=C(NC(C)C)C(=N)c1cc(-c2cncc(CN(C)C)c2)ccc1N. The number of hydrogen-bond acceptors (Lipinski definition) is 5. The van der Waals surface area contributed by atoms with E-state index in [-0.39, 0.29) is 6.04 Å². The lowest BCUT2D eigenvalue weighted by Gasteiger charge is -2.16. The molecule has 2 aromatic rings. The summed E-state index contributed by atoms with van der Waals surface area (Å²) in [5, 5.41) is 11.6. The second-order valence-corrected chi connectivity index (χ2v) is 6.77. The van der Waals surface area contributed by atoms with Gasteiger partial charge in [0, 0.05) is 41.8 Å². The van der Waals surface area contributed by atoms with Crippen molar-refractivity contribution >= 4 is 11.4 Å². The van der Waals surface area contributed by atoms with Gasteiger partial charge in [-0.25, -0.2) is 0 Å². The average Bonchev–Trinajstić information content (AvgIpc) is 2.53. The summed E-state index contributed by atoms with van der Waals surface area (Å²) < 4.78 is 0. The monoisotopic (exact) mass is 337 g/mol. The van der Waals surface area contributed by atoms with Crippen LogP contribution in [0.4, 0.5) is 5.69 Å². The fraction of sp³-hybridized carbons (Fsp3) is 0.300. The Kier molecular flexibility index (Phi) is 5.93. The Labute approximate surface area is 150 Å². The van der Waals surface area contributed by atoms with Gasteiger partial charge < -0.3 is 16.0 Å². The van der Waals surface area contributed by atoms with E-state index in [4.69, 9.17) is 11.1 Å². The van der Waals surface area contributed by atoms with Gasteiger partial charge in [0.05, 0.1) is 11.4 Å². The zero-order valence-corrected chi connectivity index (χ0v) is 15.4. The topological polar surface area (TPSA) is 78.0 Å². The van der Waals surface area contributed by atoms with Gasteiger partial charge in [0.2, 0.25) is 0 Å². The number of nitrogens with zero attached hydrogens (tertiary/aromatic N) is 2. The van der Waals surface area contributed by atoms with Crippen LogP contribution in [0.2, 0.25) is 0 Å². The van der Waals surface area contributed by atoms with Crippen LogP contribution < -0.4 is 11.1 Å². The molecule has 0 aliphatic carbocycles. The van der Waals surface area contributed by atoms with Gasteiger partial charge in [-0.1, -0.05) is 12.6 Å². The quantitative estimate of drug-likeness (QED) is 0.535. The van der Waals surface area contributed by atoms with Crippen LogP contribution in [0.15, 0.2) is 48.9 Å². The highest BCUT2D eigenvalue weighted by Gasteiger charge is 2.12. The molecule has 0 unspecified atom stereocenters. The molecule has 4 N–H and O–H groups in total. The summed E-state index contributed by atoms with van der Waals surface area (Å²) in [5.74, 6) is 0. The minimum Gasteiger partial charge on any atom is -0.398 e. The Morgan fingerprint density at radius 2 is 1.96 bits per heavy atom. The first-order chi connectivity index (χ1) is 11.8. The number of allylic oxidation sites excluding steroid dienone is 1. The number of benzene rings is 1. The number of hydrogen-bond donors (Lipinski definition) is 3. The summed E-state index contributed by atoms with van der Waals surface area (Å²) in [6, 6.07) is 8.06. The third kappa shape index (κ3) is 4.90. The van der Waals surface area contributed by atoms with Crippen LogP contribution >= 0.6 is 0 Å². The lowest BCUT2D eigenvalue weighted by atomic mass is 9.98. The molecule has 0 saturated heterocycles. The van der Waals surface area contributed by atoms with E-state index >= 15 is 0 Å². The molecule has 0 fully saturated rings. The molecule has 5 nitrogen and oxygen atoms in total. The predicted octanol–water partition coefficient (Wildman–Crippen LogP) is 3.27. The fourth-order valence-corrected chi connectivity index (χ4v) is 2.63. The zero-order valence-electron chi connectivity index (χ0n) is 15.4. The molecule has 25 heavy (non-hydrogen) atoms. The fourth-order valence-electron chi connectivity index (χ4n) is 2.63. The first-order valence-electron chi connectivity index (χ1n) is 8.31. The summed E-state index contributed by atoms with van der Waals surface area (Å²) in [6.07, 6.45) is 3.71. The van der Waals surface area contributed by atoms with Crippen molar-refractivity contribution in [2.75, 3.05) is 19.8 Å². The summed E-state index contributed by atoms with van der Waals surface area (Å²) in [4.78, 5) is 6.45. The van der Waals surface area contributed by atoms with E-state index in [1.807, 2.05) is 58.5 Å². The Hall–Kier alpha value is -2.66. The summed E-state index contributed by atoms with van der Waals surface area (Å²) in [5.41, 5.74) is 11.4. The Bertz CT molecular complexity index is 777. The number of nitrogens with two attached hydrogens (primary N) is 1. The van der Waals surface area contributed by atoms with E-state index in [2.05, 4.69) is 27.8 Å². The molecule has 0 spiro atoms. The third-order valence-corrected chi connectivity index (χ3v) is 3.71. The van der Waals surface area contributed by atoms with Crippen LogP contribution in [0, 0.1) is 5.41 Å². The molecule has 0 saturated carbocycles. The minimum atomic E-state index is 0.212. The largest absolute Gasteiger partial charge is 0.398 e. The second-order valence-electron chi connectivity index (χ2n) is 6.77. The molecule has 0 atom stereocenters. The number of nitrogen functional groups attached to an aromatic ring is 1. The van der Waals surface area contributed by atoms with Crippen molar-refractivity contribution in [3.8, 4) is 11.1 Å². The van der Waals surface area contributed by atoms with Crippen molar-refractivity contribution in [3.05, 3.63) is 60.1 Å². The highest BCUT2D eigenvalue weighted by molar-refractivity contribution is 6.13. The van der Waals surface area contributed by atoms with Gasteiger partial charge in [0.15, 0.2) is 0 Å². The molecule has 0 bridgehead atoms. The van der Waals surface area contributed by atoms with Crippen LogP contribution in [-0.2, 0) is 6.54 Å². The van der Waals surface area contributed by atoms with Crippen molar-refractivity contribution in [2.24, 2.45) is 0 Å². The summed E-state index contributed by atoms with van der Waals surface area (Å²) >= 11 is 0. The van der Waals surface area contributed by atoms with Gasteiger partial charge in [-0.15, -0.1) is 0 Å². The first kappa shape index (κ1) is 18.7. The lowest BCUT2D eigenvalue weighted by molar-refractivity contribution is 0.402. The van der Waals surface area contributed by atoms with Crippen LogP contribution in [0.25, 0.3) is 11.1 Å². The van der Waals surface area contributed by atoms with Crippen LogP contribution in [0.1, 0.15) is 25.0 Å². The van der Waals surface area contributed by atoms with Crippen molar-refractivity contribution in [1.82, 2.24) is 15.2 Å². The van der Waals surface area contributed by atoms with Crippen molar-refractivity contribution in [3.63, 3.8) is 0 Å². The molecule has 1 aromatic heterocycles. The van der Waals surface area contributed by atoms with Gasteiger partial charge >= 0.3 is 0 Å². The van der Waals surface area contributed by atoms with Crippen LogP contribution in [-0.4, -0.2) is 35.7 Å². The highest BCUT2D eigenvalue weighted by atomic mass is 15.0. The molecule has 1 aromatic carbocycles. The molecule has 2 rings (SSSR count). The number of pyridine rings is 1. The van der Waals surface area contributed by atoms with Crippen LogP contribution in [0.3, 0.4) is 0 Å². The molecule has 0 aliphatic heterocycles. The summed E-state index contributed by atoms with van der Waals surface area (Å²) in [7, 11) is 4.06. The maximum Gasteiger partial charge on any atom is 0.0858 e. The van der Waals surface area contributed by atoms with Gasteiger partial charge in [-0.2, -0.15) is 0 Å². The van der Waals surface area contributed by atoms with Gasteiger partial charge in [-0.05, 0) is 57.3 Å². The molecule has 1 heterocycles. The highest BCUT2D eigenvalue weighted by Crippen LogP contribution is 2.25. The van der Waals surface area contributed by atoms with Gasteiger partial charge in [0.1, 0.15) is 0 Å². The lowest BCUT2D eigenvalue weighted by Crippen LogP contribution is -2.26. The third-order valence-electron chi connectivity index (χ3n) is 3.71. The molecule has 0 radical (unpaired) electrons. The molecule has 132 valence electrons. The Morgan fingerprint density at radius 3 is 2.60 bits per heavy atom. The zero-order chi connectivity index (χ0) is 18.6. The molecule has 0 aliphatic rings. The molecule has 5 heteroatoms. The number of nitrogens with one attached hydrogen (secondary N) is 2. The number of anilines is 1. The minimum absolute atomic E-state index is 0.212. The first-order valence-corrected chi connectivity index (χ1v) is 8.31. The molecular weight excluding hydrogens is 310 g/mol. The smallest absolute Gasteiger partial charge is 0.0858 e. The Balaban J connectivity index is 2.36. The number of aromatic nitrogens is 1. The molecular formula is C20H27N5. The van der Waals surface area contributed by atoms with Crippen molar-refractivity contribution in [1.29, 1.82) is 5.41 Å². The average molecular weight is 337 g/mol. The van der Waals surface area contributed by atoms with E-state index in [9.17, 15) is 0 Å². The van der Waals surface area contributed by atoms with E-state index < -0.39 is 0 Å². The van der Waals surface area contributed by atoms with E-state index in [0.29, 0.717) is 22.7 Å². The summed E-state index contributed by atoms with van der Waals surface area (Å²) in [6.45, 7) is 8.81. The molecule has 0 amide bonds. The number of rotatable bonds is 7. The van der Waals surface area contributed by atoms with Gasteiger partial charge in [0.25, 0.3) is 0 Å². The Morgan fingerprint density at radius 1 is 1.24 bits per heavy atom. The van der Waals surface area contributed by atoms with Crippen molar-refractivity contribution < 1.29 is 0 Å². The van der Waals surface area contributed by atoms with E-state index in [1.54, 1.807) is 0 Å². The van der Waals surface area contributed by atoms with E-state index in [1.165, 1.54) is 0 Å². The van der Waals surface area contributed by atoms with E-state index in [0.717, 1.165) is 23.2 Å².